The molecule has 2 aliphatic carbocycles. The minimum absolute atomic E-state index is 0.0496. The van der Waals surface area contributed by atoms with Crippen molar-refractivity contribution in [2.24, 2.45) is 25.9 Å². The quantitative estimate of drug-likeness (QED) is 0.483. The third-order valence-electron chi connectivity index (χ3n) is 6.13. The van der Waals surface area contributed by atoms with E-state index < -0.39 is 5.41 Å². The Morgan fingerprint density at radius 1 is 1.50 bits per heavy atom. The lowest BCUT2D eigenvalue weighted by atomic mass is 9.58. The van der Waals surface area contributed by atoms with Gasteiger partial charge in [-0.15, -0.1) is 0 Å². The minimum Gasteiger partial charge on any atom is -0.384 e. The maximum absolute atomic E-state index is 12.5. The summed E-state index contributed by atoms with van der Waals surface area (Å²) in [5, 5.41) is 14.7. The summed E-state index contributed by atoms with van der Waals surface area (Å²) in [6.07, 6.45) is 7.07. The molecule has 1 N–H and O–H groups in total. The van der Waals surface area contributed by atoms with E-state index >= 15 is 0 Å². The molecule has 0 spiro atoms. The molecule has 0 unspecified atom stereocenters. The van der Waals surface area contributed by atoms with Crippen LogP contribution in [0.4, 0.5) is 0 Å². The van der Waals surface area contributed by atoms with Gasteiger partial charge in [0, 0.05) is 28.8 Å². The van der Waals surface area contributed by atoms with Gasteiger partial charge in [0.05, 0.1) is 23.5 Å². The second-order valence-electron chi connectivity index (χ2n) is 7.63. The predicted molar refractivity (Wildman–Crippen MR) is 93.0 cm³/mol. The molecule has 0 radical (unpaired) electrons. The number of carbonyl (C=O) groups is 1. The van der Waals surface area contributed by atoms with Gasteiger partial charge in [-0.2, -0.15) is 5.10 Å². The largest absolute Gasteiger partial charge is 0.384 e. The first-order chi connectivity index (χ1) is 12.3. The number of carbonyl (C=O) groups excluding carboxylic acids is 1. The van der Waals surface area contributed by atoms with Crippen molar-refractivity contribution in [3.05, 3.63) is 46.8 Å². The average molecular weight is 352 g/mol. The Morgan fingerprint density at radius 3 is 2.85 bits per heavy atom. The fourth-order valence-electron chi connectivity index (χ4n) is 4.81. The molecule has 2 heterocycles. The third kappa shape index (κ3) is 2.02. The van der Waals surface area contributed by atoms with Gasteiger partial charge in [0.1, 0.15) is 6.20 Å². The minimum atomic E-state index is -0.430. The van der Waals surface area contributed by atoms with E-state index in [1.807, 2.05) is 30.9 Å². The van der Waals surface area contributed by atoms with Crippen molar-refractivity contribution in [2.75, 3.05) is 0 Å². The molecule has 134 valence electrons. The first-order valence-corrected chi connectivity index (χ1v) is 8.76. The van der Waals surface area contributed by atoms with Crippen molar-refractivity contribution in [3.63, 3.8) is 0 Å². The number of hydrogen-bond donors (Lipinski definition) is 1. The van der Waals surface area contributed by atoms with Crippen LogP contribution in [0.3, 0.4) is 0 Å². The Bertz CT molecular complexity index is 987. The van der Waals surface area contributed by atoms with Crippen LogP contribution in [0.1, 0.15) is 31.5 Å². The van der Waals surface area contributed by atoms with Crippen molar-refractivity contribution in [1.82, 2.24) is 14.6 Å². The molecule has 3 atom stereocenters. The lowest BCUT2D eigenvalue weighted by molar-refractivity contribution is -0.780. The highest BCUT2D eigenvalue weighted by Crippen LogP contribution is 2.51. The van der Waals surface area contributed by atoms with Crippen molar-refractivity contribution in [3.8, 4) is 11.3 Å². The summed E-state index contributed by atoms with van der Waals surface area (Å²) in [5.74, 6) is -0.0789. The second-order valence-corrected chi connectivity index (χ2v) is 7.63. The van der Waals surface area contributed by atoms with Gasteiger partial charge in [-0.1, -0.05) is 24.6 Å². The molecule has 0 aliphatic heterocycles. The maximum Gasteiger partial charge on any atom is 0.226 e. The fraction of sp³-hybridized carbons (Fsp3) is 0.474. The van der Waals surface area contributed by atoms with Crippen LogP contribution < -0.4 is 4.68 Å². The number of aromatic nitrogens is 4. The zero-order valence-electron chi connectivity index (χ0n) is 15.4. The summed E-state index contributed by atoms with van der Waals surface area (Å²) in [6, 6.07) is 0. The van der Waals surface area contributed by atoms with Crippen LogP contribution in [-0.4, -0.2) is 25.6 Å². The SMILES string of the molecule is [C-]#[N+]C1=C[C@]2(C)c3nn(C)c(-c4cn(O)[n+](C)c4)c3CC[C@H]2[C@H](C)C1=O. The summed E-state index contributed by atoms with van der Waals surface area (Å²) >= 11 is 0. The molecule has 0 amide bonds. The van der Waals surface area contributed by atoms with Crippen molar-refractivity contribution >= 4 is 5.78 Å². The molecule has 0 saturated carbocycles. The van der Waals surface area contributed by atoms with Crippen LogP contribution in [0.2, 0.25) is 0 Å². The van der Waals surface area contributed by atoms with Crippen molar-refractivity contribution < 1.29 is 14.7 Å². The summed E-state index contributed by atoms with van der Waals surface area (Å²) in [4.78, 5) is 17.0. The summed E-state index contributed by atoms with van der Waals surface area (Å²) in [7, 11) is 3.67. The molecular formula is C19H22N5O2+. The molecule has 0 aromatic carbocycles. The highest BCUT2D eigenvalue weighted by Gasteiger charge is 2.50. The van der Waals surface area contributed by atoms with Crippen molar-refractivity contribution in [1.29, 1.82) is 0 Å². The van der Waals surface area contributed by atoms with E-state index in [1.54, 1.807) is 17.9 Å². The maximum atomic E-state index is 12.5. The van der Waals surface area contributed by atoms with E-state index in [4.69, 9.17) is 11.7 Å². The highest BCUT2D eigenvalue weighted by molar-refractivity contribution is 6.00. The van der Waals surface area contributed by atoms with E-state index in [-0.39, 0.29) is 23.3 Å². The summed E-state index contributed by atoms with van der Waals surface area (Å²) in [5.41, 5.74) is 3.75. The zero-order valence-corrected chi connectivity index (χ0v) is 15.4. The number of fused-ring (bicyclic) bond motifs is 3. The average Bonchev–Trinajstić information content (AvgIpc) is 3.10. The number of nitrogens with zero attached hydrogens (tertiary/aromatic N) is 5. The monoisotopic (exact) mass is 352 g/mol. The molecule has 0 bridgehead atoms. The molecule has 26 heavy (non-hydrogen) atoms. The van der Waals surface area contributed by atoms with Crippen LogP contribution in [0.5, 0.6) is 0 Å². The van der Waals surface area contributed by atoms with Gasteiger partial charge in [0.15, 0.2) is 12.8 Å². The van der Waals surface area contributed by atoms with Crippen LogP contribution in [0.15, 0.2) is 24.2 Å². The van der Waals surface area contributed by atoms with Gasteiger partial charge >= 0.3 is 0 Å². The lowest BCUT2D eigenvalue weighted by Crippen LogP contribution is -2.45. The Balaban J connectivity index is 1.94. The predicted octanol–water partition coefficient (Wildman–Crippen LogP) is 1.79. The number of aryl methyl sites for hydroxylation is 2. The molecule has 2 aromatic rings. The van der Waals surface area contributed by atoms with E-state index in [1.165, 1.54) is 0 Å². The number of Topliss-reactive ketones (excluding diaryl/α,β-unsaturated/α-hetero) is 1. The van der Waals surface area contributed by atoms with Crippen LogP contribution in [0.25, 0.3) is 16.1 Å². The zero-order chi connectivity index (χ0) is 18.8. The molecule has 2 aromatic heterocycles. The van der Waals surface area contributed by atoms with Gasteiger partial charge in [-0.3, -0.25) is 4.68 Å². The first-order valence-electron chi connectivity index (χ1n) is 8.76. The van der Waals surface area contributed by atoms with Crippen LogP contribution in [0, 0.1) is 18.4 Å². The van der Waals surface area contributed by atoms with Gasteiger partial charge in [0.25, 0.3) is 0 Å². The summed E-state index contributed by atoms with van der Waals surface area (Å²) < 4.78 is 3.44. The Hall–Kier alpha value is -2.88. The smallest absolute Gasteiger partial charge is 0.226 e. The molecule has 2 aliphatic rings. The molecule has 7 heteroatoms. The first kappa shape index (κ1) is 16.6. The second kappa shape index (κ2) is 5.31. The molecule has 0 saturated heterocycles. The van der Waals surface area contributed by atoms with Crippen LogP contribution in [-0.2, 0) is 30.7 Å². The lowest BCUT2D eigenvalue weighted by Gasteiger charge is -2.44. The van der Waals surface area contributed by atoms with E-state index in [0.717, 1.165) is 40.2 Å². The van der Waals surface area contributed by atoms with Gasteiger partial charge in [0.2, 0.25) is 11.9 Å². The van der Waals surface area contributed by atoms with Crippen LogP contribution >= 0.6 is 0 Å². The number of allylic oxidation sites excluding steroid dienone is 2. The van der Waals surface area contributed by atoms with Gasteiger partial charge in [-0.05, 0) is 18.8 Å². The summed E-state index contributed by atoms with van der Waals surface area (Å²) in [6.45, 7) is 11.4. The molecular weight excluding hydrogens is 330 g/mol. The molecule has 7 nitrogen and oxygen atoms in total. The Morgan fingerprint density at radius 2 is 2.23 bits per heavy atom. The Labute approximate surface area is 151 Å². The number of ketones is 1. The number of hydrogen-bond acceptors (Lipinski definition) is 3. The van der Waals surface area contributed by atoms with Gasteiger partial charge in [-0.25, -0.2) is 4.85 Å². The highest BCUT2D eigenvalue weighted by atomic mass is 16.5. The van der Waals surface area contributed by atoms with E-state index in [9.17, 15) is 10.0 Å². The molecule has 4 rings (SSSR count). The third-order valence-corrected chi connectivity index (χ3v) is 6.13. The van der Waals surface area contributed by atoms with Crippen molar-refractivity contribution in [2.45, 2.75) is 32.1 Å². The number of rotatable bonds is 1. The van der Waals surface area contributed by atoms with Gasteiger partial charge < -0.3 is 10.0 Å². The van der Waals surface area contributed by atoms with E-state index in [2.05, 4.69) is 11.8 Å². The topological polar surface area (TPSA) is 68.3 Å². The Kier molecular flexibility index (Phi) is 3.38. The van der Waals surface area contributed by atoms with E-state index in [0.29, 0.717) is 0 Å². The standard InChI is InChI=1S/C19H22N5O2/c1-11-14-7-6-13-16(12-9-22(4)24(26)10-12)23(5)21-18(13)19(14,2)8-15(20-3)17(11)25/h8-11,14,26H,6-7H2,1-2,4-5H3/q+1/t11-,14-,19-/m0/s1. The molecule has 0 fully saturated rings. The normalized spacial score (nSPS) is 27.5. The fourth-order valence-corrected chi connectivity index (χ4v) is 4.81.